The van der Waals surface area contributed by atoms with Gasteiger partial charge in [0.1, 0.15) is 5.69 Å². The van der Waals surface area contributed by atoms with Crippen molar-refractivity contribution in [3.05, 3.63) is 38.4 Å². The number of rotatable bonds is 4. The fourth-order valence-electron chi connectivity index (χ4n) is 2.58. The molecule has 1 N–H and O–H groups in total. The summed E-state index contributed by atoms with van der Waals surface area (Å²) in [7, 11) is 0. The van der Waals surface area contributed by atoms with Gasteiger partial charge in [0, 0.05) is 11.8 Å². The summed E-state index contributed by atoms with van der Waals surface area (Å²) < 4.78 is 0. The zero-order valence-corrected chi connectivity index (χ0v) is 12.5. The van der Waals surface area contributed by atoms with Crippen molar-refractivity contribution in [2.75, 3.05) is 5.43 Å². The summed E-state index contributed by atoms with van der Waals surface area (Å²) in [6, 6.07) is 3.48. The van der Waals surface area contributed by atoms with Crippen molar-refractivity contribution in [1.29, 1.82) is 0 Å². The molecule has 1 fully saturated rings. The molecule has 118 valence electrons. The maximum atomic E-state index is 11.1. The Bertz CT molecular complexity index is 629. The van der Waals surface area contributed by atoms with Gasteiger partial charge in [0.15, 0.2) is 0 Å². The van der Waals surface area contributed by atoms with Crippen LogP contribution in [0.25, 0.3) is 0 Å². The van der Waals surface area contributed by atoms with E-state index in [9.17, 15) is 20.2 Å². The third-order valence-electron chi connectivity index (χ3n) is 4.18. The third kappa shape index (κ3) is 3.38. The minimum absolute atomic E-state index is 0.161. The molecule has 0 radical (unpaired) electrons. The van der Waals surface area contributed by atoms with Gasteiger partial charge in [-0.25, -0.2) is 0 Å². The number of nitrogens with one attached hydrogen (secondary N) is 1. The highest BCUT2D eigenvalue weighted by Gasteiger charge is 2.24. The van der Waals surface area contributed by atoms with Crippen LogP contribution in [0.3, 0.4) is 0 Å². The van der Waals surface area contributed by atoms with Crippen molar-refractivity contribution >= 4 is 22.8 Å². The van der Waals surface area contributed by atoms with Gasteiger partial charge in [-0.1, -0.05) is 13.8 Å². The summed E-state index contributed by atoms with van der Waals surface area (Å²) >= 11 is 0. The average Bonchev–Trinajstić information content (AvgIpc) is 2.48. The minimum atomic E-state index is -0.659. The Hall–Kier alpha value is -2.51. The van der Waals surface area contributed by atoms with Crippen molar-refractivity contribution in [3.8, 4) is 0 Å². The van der Waals surface area contributed by atoms with Crippen LogP contribution in [0.2, 0.25) is 0 Å². The molecule has 1 aliphatic rings. The second kappa shape index (κ2) is 6.50. The molecule has 1 aromatic rings. The molecular weight excluding hydrogens is 288 g/mol. The van der Waals surface area contributed by atoms with E-state index in [0.29, 0.717) is 11.8 Å². The van der Waals surface area contributed by atoms with E-state index in [0.717, 1.165) is 31.0 Å². The lowest BCUT2D eigenvalue weighted by Gasteiger charge is -2.27. The van der Waals surface area contributed by atoms with E-state index in [1.54, 1.807) is 0 Å². The molecule has 8 nitrogen and oxygen atoms in total. The Morgan fingerprint density at radius 1 is 1.23 bits per heavy atom. The van der Waals surface area contributed by atoms with Crippen LogP contribution in [0.15, 0.2) is 23.3 Å². The first-order chi connectivity index (χ1) is 10.4. The summed E-state index contributed by atoms with van der Waals surface area (Å²) in [5, 5.41) is 26.1. The van der Waals surface area contributed by atoms with Crippen molar-refractivity contribution in [2.24, 2.45) is 16.9 Å². The molecule has 1 saturated carbocycles. The zero-order chi connectivity index (χ0) is 16.3. The van der Waals surface area contributed by atoms with Crippen LogP contribution in [0.4, 0.5) is 17.1 Å². The van der Waals surface area contributed by atoms with Crippen molar-refractivity contribution in [2.45, 2.75) is 33.1 Å². The maximum Gasteiger partial charge on any atom is 0.301 e. The number of non-ortho nitro benzene ring substituents is 1. The number of hydrazone groups is 1. The predicted octanol–water partition coefficient (Wildman–Crippen LogP) is 3.73. The van der Waals surface area contributed by atoms with Gasteiger partial charge in [-0.05, 0) is 37.2 Å². The molecule has 0 heterocycles. The van der Waals surface area contributed by atoms with Gasteiger partial charge in [0.2, 0.25) is 0 Å². The SMILES string of the molecule is C[C@@H]1/C(=N/Nc2ccc([N+](=O)[O-])cc2[N+](=O)[O-])CCC[C@@H]1C. The molecule has 0 spiro atoms. The zero-order valence-electron chi connectivity index (χ0n) is 12.5. The normalized spacial score (nSPS) is 23.3. The van der Waals surface area contributed by atoms with Crippen LogP contribution in [-0.2, 0) is 0 Å². The first-order valence-electron chi connectivity index (χ1n) is 7.15. The highest BCUT2D eigenvalue weighted by atomic mass is 16.6. The number of nitrogens with zero attached hydrogens (tertiary/aromatic N) is 3. The van der Waals surface area contributed by atoms with Crippen LogP contribution in [0, 0.1) is 32.1 Å². The monoisotopic (exact) mass is 306 g/mol. The molecular formula is C14H18N4O4. The number of nitro groups is 2. The molecule has 1 aromatic carbocycles. The van der Waals surface area contributed by atoms with Gasteiger partial charge in [0.25, 0.3) is 5.69 Å². The van der Waals surface area contributed by atoms with Crippen LogP contribution in [0.5, 0.6) is 0 Å². The van der Waals surface area contributed by atoms with Crippen LogP contribution >= 0.6 is 0 Å². The molecule has 8 heteroatoms. The summed E-state index contributed by atoms with van der Waals surface area (Å²) in [5.74, 6) is 0.847. The fraction of sp³-hybridized carbons (Fsp3) is 0.500. The molecule has 0 amide bonds. The smallest absolute Gasteiger partial charge is 0.272 e. The molecule has 0 aromatic heterocycles. The predicted molar refractivity (Wildman–Crippen MR) is 83.0 cm³/mol. The Labute approximate surface area is 127 Å². The van der Waals surface area contributed by atoms with E-state index in [1.807, 2.05) is 0 Å². The van der Waals surface area contributed by atoms with E-state index in [4.69, 9.17) is 0 Å². The van der Waals surface area contributed by atoms with Gasteiger partial charge < -0.3 is 0 Å². The second-order valence-electron chi connectivity index (χ2n) is 5.59. The fourth-order valence-corrected chi connectivity index (χ4v) is 2.58. The Morgan fingerprint density at radius 3 is 2.59 bits per heavy atom. The van der Waals surface area contributed by atoms with E-state index < -0.39 is 9.85 Å². The number of hydrogen-bond acceptors (Lipinski definition) is 6. The molecule has 0 saturated heterocycles. The van der Waals surface area contributed by atoms with Gasteiger partial charge in [-0.3, -0.25) is 25.7 Å². The van der Waals surface area contributed by atoms with Gasteiger partial charge >= 0.3 is 5.69 Å². The summed E-state index contributed by atoms with van der Waals surface area (Å²) in [5.41, 5.74) is 3.18. The van der Waals surface area contributed by atoms with Crippen LogP contribution < -0.4 is 5.43 Å². The molecule has 2 atom stereocenters. The Balaban J connectivity index is 2.25. The first-order valence-corrected chi connectivity index (χ1v) is 7.15. The average molecular weight is 306 g/mol. The summed E-state index contributed by atoms with van der Waals surface area (Å²) in [4.78, 5) is 20.5. The molecule has 22 heavy (non-hydrogen) atoms. The van der Waals surface area contributed by atoms with Crippen LogP contribution in [0.1, 0.15) is 33.1 Å². The highest BCUT2D eigenvalue weighted by Crippen LogP contribution is 2.30. The lowest BCUT2D eigenvalue weighted by Crippen LogP contribution is -2.25. The van der Waals surface area contributed by atoms with Crippen molar-refractivity contribution in [3.63, 3.8) is 0 Å². The van der Waals surface area contributed by atoms with E-state index in [-0.39, 0.29) is 17.1 Å². The Kier molecular flexibility index (Phi) is 4.69. The number of hydrogen-bond donors (Lipinski definition) is 1. The van der Waals surface area contributed by atoms with Gasteiger partial charge in [-0.15, -0.1) is 0 Å². The molecule has 2 rings (SSSR count). The lowest BCUT2D eigenvalue weighted by molar-refractivity contribution is -0.393. The number of benzene rings is 1. The third-order valence-corrected chi connectivity index (χ3v) is 4.18. The van der Waals surface area contributed by atoms with Gasteiger partial charge in [0.05, 0.1) is 15.9 Å². The second-order valence-corrected chi connectivity index (χ2v) is 5.59. The van der Waals surface area contributed by atoms with Gasteiger partial charge in [-0.2, -0.15) is 5.10 Å². The summed E-state index contributed by atoms with van der Waals surface area (Å²) in [6.45, 7) is 4.25. The molecule has 0 aliphatic heterocycles. The van der Waals surface area contributed by atoms with Crippen molar-refractivity contribution in [1.82, 2.24) is 0 Å². The lowest BCUT2D eigenvalue weighted by atomic mass is 9.80. The first kappa shape index (κ1) is 15.9. The Morgan fingerprint density at radius 2 is 1.95 bits per heavy atom. The van der Waals surface area contributed by atoms with Crippen molar-refractivity contribution < 1.29 is 9.85 Å². The van der Waals surface area contributed by atoms with E-state index in [1.165, 1.54) is 12.1 Å². The maximum absolute atomic E-state index is 11.1. The molecule has 1 aliphatic carbocycles. The topological polar surface area (TPSA) is 111 Å². The molecule has 0 unspecified atom stereocenters. The quantitative estimate of drug-likeness (QED) is 0.673. The largest absolute Gasteiger partial charge is 0.301 e. The van der Waals surface area contributed by atoms with E-state index in [2.05, 4.69) is 24.4 Å². The number of anilines is 1. The number of nitro benzene ring substituents is 2. The highest BCUT2D eigenvalue weighted by molar-refractivity contribution is 5.88. The van der Waals surface area contributed by atoms with E-state index >= 15 is 0 Å². The minimum Gasteiger partial charge on any atom is -0.272 e. The molecule has 0 bridgehead atoms. The standard InChI is InChI=1S/C14H18N4O4/c1-9-4-3-5-12(10(9)2)15-16-13-7-6-11(17(19)20)8-14(13)18(21)22/h6-10,16H,3-5H2,1-2H3/b15-12+/t9-,10-/m0/s1. The van der Waals surface area contributed by atoms with Crippen LogP contribution in [-0.4, -0.2) is 15.6 Å². The summed E-state index contributed by atoms with van der Waals surface area (Å²) in [6.07, 6.45) is 3.06.